The van der Waals surface area contributed by atoms with Gasteiger partial charge in [-0.2, -0.15) is 0 Å². The lowest BCUT2D eigenvalue weighted by molar-refractivity contribution is 0.112. The fourth-order valence-corrected chi connectivity index (χ4v) is 2.01. The normalized spacial score (nSPS) is 10.3. The lowest BCUT2D eigenvalue weighted by Gasteiger charge is -2.25. The van der Waals surface area contributed by atoms with Crippen molar-refractivity contribution in [3.63, 3.8) is 0 Å². The summed E-state index contributed by atoms with van der Waals surface area (Å²) < 4.78 is 5.33. The number of likely N-dealkylation sites (N-methyl/N-ethyl adjacent to an activating group) is 1. The number of aldehydes is 1. The Bertz CT molecular complexity index is 368. The van der Waals surface area contributed by atoms with E-state index in [4.69, 9.17) is 16.3 Å². The van der Waals surface area contributed by atoms with Crippen molar-refractivity contribution in [3.8, 4) is 0 Å². The second kappa shape index (κ2) is 7.30. The molecule has 0 unspecified atom stereocenters. The molecule has 0 spiro atoms. The van der Waals surface area contributed by atoms with Gasteiger partial charge < -0.3 is 9.64 Å². The molecule has 0 heterocycles. The minimum Gasteiger partial charge on any atom is -0.380 e. The molecule has 0 aromatic heterocycles. The molecule has 0 aliphatic carbocycles. The van der Waals surface area contributed by atoms with E-state index in [0.717, 1.165) is 25.1 Å². The molecule has 1 aromatic carbocycles. The summed E-state index contributed by atoms with van der Waals surface area (Å²) in [6, 6.07) is 5.36. The number of carbonyl (C=O) groups is 1. The third kappa shape index (κ3) is 3.72. The molecule has 0 saturated heterocycles. The van der Waals surface area contributed by atoms with E-state index in [9.17, 15) is 4.79 Å². The van der Waals surface area contributed by atoms with Crippen LogP contribution in [0.5, 0.6) is 0 Å². The molecular weight excluding hydrogens is 238 g/mol. The molecule has 0 aliphatic rings. The van der Waals surface area contributed by atoms with Crippen LogP contribution in [0.4, 0.5) is 5.69 Å². The Labute approximate surface area is 107 Å². The molecule has 0 amide bonds. The summed E-state index contributed by atoms with van der Waals surface area (Å²) in [5.41, 5.74) is 1.42. The third-order valence-corrected chi connectivity index (χ3v) is 2.86. The number of anilines is 1. The highest BCUT2D eigenvalue weighted by molar-refractivity contribution is 6.33. The van der Waals surface area contributed by atoms with Gasteiger partial charge in [0.1, 0.15) is 0 Å². The Hall–Kier alpha value is -1.06. The maximum Gasteiger partial charge on any atom is 0.152 e. The van der Waals surface area contributed by atoms with Crippen LogP contribution in [0.25, 0.3) is 0 Å². The Morgan fingerprint density at radius 3 is 2.76 bits per heavy atom. The zero-order valence-electron chi connectivity index (χ0n) is 10.3. The van der Waals surface area contributed by atoms with E-state index in [0.29, 0.717) is 23.8 Å². The third-order valence-electron chi connectivity index (χ3n) is 2.55. The van der Waals surface area contributed by atoms with Crippen molar-refractivity contribution in [1.29, 1.82) is 0 Å². The number of benzene rings is 1. The fourth-order valence-electron chi connectivity index (χ4n) is 1.71. The van der Waals surface area contributed by atoms with Crippen molar-refractivity contribution in [2.75, 3.05) is 31.2 Å². The van der Waals surface area contributed by atoms with Crippen LogP contribution in [0.15, 0.2) is 18.2 Å². The summed E-state index contributed by atoms with van der Waals surface area (Å²) in [5.74, 6) is 0. The Morgan fingerprint density at radius 1 is 1.41 bits per heavy atom. The topological polar surface area (TPSA) is 29.5 Å². The quantitative estimate of drug-likeness (QED) is 0.554. The molecule has 0 aliphatic heterocycles. The molecule has 17 heavy (non-hydrogen) atoms. The summed E-state index contributed by atoms with van der Waals surface area (Å²) in [4.78, 5) is 13.1. The van der Waals surface area contributed by atoms with E-state index < -0.39 is 0 Å². The van der Waals surface area contributed by atoms with Crippen LogP contribution >= 0.6 is 11.6 Å². The maximum atomic E-state index is 11.0. The predicted molar refractivity (Wildman–Crippen MR) is 71.2 cm³/mol. The second-order valence-electron chi connectivity index (χ2n) is 3.57. The minimum atomic E-state index is 0.605. The van der Waals surface area contributed by atoms with Gasteiger partial charge in [-0.3, -0.25) is 4.79 Å². The van der Waals surface area contributed by atoms with E-state index in [2.05, 4.69) is 4.90 Å². The number of rotatable bonds is 7. The first-order valence-corrected chi connectivity index (χ1v) is 6.18. The van der Waals surface area contributed by atoms with Gasteiger partial charge in [-0.1, -0.05) is 17.7 Å². The van der Waals surface area contributed by atoms with Crippen LogP contribution in [0.3, 0.4) is 0 Å². The zero-order valence-corrected chi connectivity index (χ0v) is 11.0. The molecule has 0 radical (unpaired) electrons. The van der Waals surface area contributed by atoms with Gasteiger partial charge in [0, 0.05) is 25.3 Å². The largest absolute Gasteiger partial charge is 0.380 e. The van der Waals surface area contributed by atoms with Crippen molar-refractivity contribution >= 4 is 23.6 Å². The molecule has 0 bridgehead atoms. The van der Waals surface area contributed by atoms with Gasteiger partial charge in [-0.15, -0.1) is 0 Å². The molecule has 0 N–H and O–H groups in total. The maximum absolute atomic E-state index is 11.0. The highest BCUT2D eigenvalue weighted by atomic mass is 35.5. The zero-order chi connectivity index (χ0) is 12.7. The predicted octanol–water partition coefficient (Wildman–Crippen LogP) is 3.02. The monoisotopic (exact) mass is 255 g/mol. The van der Waals surface area contributed by atoms with Gasteiger partial charge in [-0.25, -0.2) is 0 Å². The van der Waals surface area contributed by atoms with Crippen LogP contribution in [-0.2, 0) is 4.74 Å². The number of carbonyl (C=O) groups excluding carboxylic acids is 1. The van der Waals surface area contributed by atoms with Crippen LogP contribution in [0.1, 0.15) is 24.2 Å². The number of nitrogens with zero attached hydrogens (tertiary/aromatic N) is 1. The Morgan fingerprint density at radius 2 is 2.18 bits per heavy atom. The molecule has 4 heteroatoms. The van der Waals surface area contributed by atoms with Gasteiger partial charge >= 0.3 is 0 Å². The van der Waals surface area contributed by atoms with Gasteiger partial charge in [0.15, 0.2) is 6.29 Å². The number of ether oxygens (including phenoxy) is 1. The molecular formula is C13H18ClNO2. The summed E-state index contributed by atoms with van der Waals surface area (Å²) in [6.07, 6.45) is 0.838. The summed E-state index contributed by atoms with van der Waals surface area (Å²) in [7, 11) is 0. The van der Waals surface area contributed by atoms with E-state index in [1.165, 1.54) is 0 Å². The smallest absolute Gasteiger partial charge is 0.152 e. The Balaban J connectivity index is 2.90. The molecule has 0 saturated carbocycles. The van der Waals surface area contributed by atoms with Crippen molar-refractivity contribution < 1.29 is 9.53 Å². The molecule has 94 valence electrons. The lowest BCUT2D eigenvalue weighted by atomic mass is 10.1. The first-order valence-electron chi connectivity index (χ1n) is 5.81. The Kier molecular flexibility index (Phi) is 6.01. The van der Waals surface area contributed by atoms with Gasteiger partial charge in [-0.05, 0) is 26.0 Å². The molecule has 1 rings (SSSR count). The molecule has 3 nitrogen and oxygen atoms in total. The van der Waals surface area contributed by atoms with E-state index >= 15 is 0 Å². The number of hydrogen-bond donors (Lipinski definition) is 0. The highest BCUT2D eigenvalue weighted by Crippen LogP contribution is 2.28. The number of hydrogen-bond acceptors (Lipinski definition) is 3. The molecule has 0 atom stereocenters. The molecule has 0 fully saturated rings. The SMILES string of the molecule is CCOCCN(CC)c1c(Cl)cccc1C=O. The van der Waals surface area contributed by atoms with E-state index in [-0.39, 0.29) is 0 Å². The van der Waals surface area contributed by atoms with Crippen LogP contribution in [0, 0.1) is 0 Å². The minimum absolute atomic E-state index is 0.605. The average molecular weight is 256 g/mol. The first kappa shape index (κ1) is 14.0. The van der Waals surface area contributed by atoms with Gasteiger partial charge in [0.2, 0.25) is 0 Å². The van der Waals surface area contributed by atoms with E-state index in [1.54, 1.807) is 18.2 Å². The second-order valence-corrected chi connectivity index (χ2v) is 3.98. The van der Waals surface area contributed by atoms with E-state index in [1.807, 2.05) is 13.8 Å². The highest BCUT2D eigenvalue weighted by Gasteiger charge is 2.12. The summed E-state index contributed by atoms with van der Waals surface area (Å²) in [5, 5.41) is 0.605. The van der Waals surface area contributed by atoms with Crippen molar-refractivity contribution in [2.24, 2.45) is 0 Å². The molecule has 1 aromatic rings. The standard InChI is InChI=1S/C13H18ClNO2/c1-3-15(8-9-17-4-2)13-11(10-16)6-5-7-12(13)14/h5-7,10H,3-4,8-9H2,1-2H3. The van der Waals surface area contributed by atoms with Crippen LogP contribution < -0.4 is 4.90 Å². The number of para-hydroxylation sites is 1. The number of halogens is 1. The lowest BCUT2D eigenvalue weighted by Crippen LogP contribution is -2.28. The fraction of sp³-hybridized carbons (Fsp3) is 0.462. The summed E-state index contributed by atoms with van der Waals surface area (Å²) >= 11 is 6.15. The van der Waals surface area contributed by atoms with Gasteiger partial charge in [0.25, 0.3) is 0 Å². The van der Waals surface area contributed by atoms with Gasteiger partial charge in [0.05, 0.1) is 17.3 Å². The average Bonchev–Trinajstić information content (AvgIpc) is 2.35. The first-order chi connectivity index (χ1) is 8.24. The van der Waals surface area contributed by atoms with Crippen LogP contribution in [-0.4, -0.2) is 32.6 Å². The van der Waals surface area contributed by atoms with Crippen LogP contribution in [0.2, 0.25) is 5.02 Å². The van der Waals surface area contributed by atoms with Crippen molar-refractivity contribution in [2.45, 2.75) is 13.8 Å². The van der Waals surface area contributed by atoms with Crippen molar-refractivity contribution in [3.05, 3.63) is 28.8 Å². The summed E-state index contributed by atoms with van der Waals surface area (Å²) in [6.45, 7) is 6.84. The van der Waals surface area contributed by atoms with Crippen molar-refractivity contribution in [1.82, 2.24) is 0 Å².